The lowest BCUT2D eigenvalue weighted by Gasteiger charge is -2.35. The van der Waals surface area contributed by atoms with E-state index in [4.69, 9.17) is 21.1 Å². The van der Waals surface area contributed by atoms with Gasteiger partial charge in [0, 0.05) is 23.7 Å². The van der Waals surface area contributed by atoms with Crippen LogP contribution in [-0.4, -0.2) is 39.3 Å². The molecule has 6 nitrogen and oxygen atoms in total. The zero-order valence-corrected chi connectivity index (χ0v) is 11.2. The van der Waals surface area contributed by atoms with Crippen molar-refractivity contribution in [2.45, 2.75) is 6.54 Å². The zero-order chi connectivity index (χ0) is 14.1. The van der Waals surface area contributed by atoms with E-state index in [0.717, 1.165) is 5.56 Å². The van der Waals surface area contributed by atoms with Crippen LogP contribution in [0, 0.1) is 5.92 Å². The maximum Gasteiger partial charge on any atom is 0.309 e. The Morgan fingerprint density at radius 3 is 2.70 bits per heavy atom. The SMILES string of the molecule is O=C(O)C1CN(Cc2nnc(-c3ccc(Cl)cc3)o2)C1. The molecule has 1 fully saturated rings. The summed E-state index contributed by atoms with van der Waals surface area (Å²) in [7, 11) is 0. The highest BCUT2D eigenvalue weighted by Crippen LogP contribution is 2.22. The van der Waals surface area contributed by atoms with Crippen molar-refractivity contribution in [3.63, 3.8) is 0 Å². The highest BCUT2D eigenvalue weighted by molar-refractivity contribution is 6.30. The van der Waals surface area contributed by atoms with Crippen LogP contribution < -0.4 is 0 Å². The molecule has 0 radical (unpaired) electrons. The molecule has 0 amide bonds. The van der Waals surface area contributed by atoms with Crippen molar-refractivity contribution in [3.8, 4) is 11.5 Å². The molecule has 0 unspecified atom stereocenters. The van der Waals surface area contributed by atoms with Gasteiger partial charge >= 0.3 is 5.97 Å². The van der Waals surface area contributed by atoms with Crippen molar-refractivity contribution < 1.29 is 14.3 Å². The minimum absolute atomic E-state index is 0.284. The van der Waals surface area contributed by atoms with Crippen LogP contribution in [0.1, 0.15) is 5.89 Å². The van der Waals surface area contributed by atoms with Gasteiger partial charge < -0.3 is 9.52 Å². The number of aromatic nitrogens is 2. The summed E-state index contributed by atoms with van der Waals surface area (Å²) in [6.07, 6.45) is 0. The quantitative estimate of drug-likeness (QED) is 0.927. The normalized spacial score (nSPS) is 16.1. The van der Waals surface area contributed by atoms with Crippen LogP contribution in [0.3, 0.4) is 0 Å². The monoisotopic (exact) mass is 293 g/mol. The average Bonchev–Trinajstić information content (AvgIpc) is 2.82. The van der Waals surface area contributed by atoms with Gasteiger partial charge in [0.15, 0.2) is 0 Å². The third-order valence-corrected chi connectivity index (χ3v) is 3.48. The second kappa shape index (κ2) is 5.22. The Hall–Kier alpha value is -1.92. The van der Waals surface area contributed by atoms with E-state index in [2.05, 4.69) is 10.2 Å². The second-order valence-electron chi connectivity index (χ2n) is 4.74. The molecular weight excluding hydrogens is 282 g/mol. The first-order valence-electron chi connectivity index (χ1n) is 6.15. The Labute approximate surface area is 120 Å². The molecule has 2 heterocycles. The number of halogens is 1. The minimum atomic E-state index is -0.756. The molecule has 0 bridgehead atoms. The van der Waals surface area contributed by atoms with Crippen molar-refractivity contribution in [2.75, 3.05) is 13.1 Å². The summed E-state index contributed by atoms with van der Waals surface area (Å²) in [5.41, 5.74) is 0.806. The summed E-state index contributed by atoms with van der Waals surface area (Å²) in [4.78, 5) is 12.7. The smallest absolute Gasteiger partial charge is 0.309 e. The summed E-state index contributed by atoms with van der Waals surface area (Å²) in [6, 6.07) is 7.13. The number of aliphatic carboxylic acids is 1. The van der Waals surface area contributed by atoms with Gasteiger partial charge in [-0.25, -0.2) is 0 Å². The highest BCUT2D eigenvalue weighted by Gasteiger charge is 2.33. The van der Waals surface area contributed by atoms with E-state index in [1.807, 2.05) is 17.0 Å². The van der Waals surface area contributed by atoms with Gasteiger partial charge in [0.1, 0.15) is 0 Å². The van der Waals surface area contributed by atoms with Crippen molar-refractivity contribution in [3.05, 3.63) is 35.2 Å². The fourth-order valence-electron chi connectivity index (χ4n) is 2.07. The number of carbonyl (C=O) groups is 1. The molecule has 1 N–H and O–H groups in total. The average molecular weight is 294 g/mol. The molecule has 1 aromatic carbocycles. The number of carboxylic acid groups (broad SMARTS) is 1. The number of rotatable bonds is 4. The van der Waals surface area contributed by atoms with Crippen LogP contribution in [-0.2, 0) is 11.3 Å². The number of hydrogen-bond acceptors (Lipinski definition) is 5. The lowest BCUT2D eigenvalue weighted by atomic mass is 10.0. The molecule has 1 aliphatic rings. The summed E-state index contributed by atoms with van der Waals surface area (Å²) in [5, 5.41) is 17.4. The lowest BCUT2D eigenvalue weighted by Crippen LogP contribution is -2.49. The van der Waals surface area contributed by atoms with Crippen LogP contribution >= 0.6 is 11.6 Å². The van der Waals surface area contributed by atoms with Gasteiger partial charge in [-0.1, -0.05) is 11.6 Å². The van der Waals surface area contributed by atoms with E-state index in [1.54, 1.807) is 12.1 Å². The lowest BCUT2D eigenvalue weighted by molar-refractivity contribution is -0.147. The maximum absolute atomic E-state index is 10.7. The molecule has 1 saturated heterocycles. The maximum atomic E-state index is 10.7. The number of nitrogens with zero attached hydrogens (tertiary/aromatic N) is 3. The van der Waals surface area contributed by atoms with Gasteiger partial charge in [-0.05, 0) is 24.3 Å². The molecule has 0 atom stereocenters. The Morgan fingerprint density at radius 1 is 1.35 bits per heavy atom. The first-order chi connectivity index (χ1) is 9.61. The van der Waals surface area contributed by atoms with E-state index >= 15 is 0 Å². The summed E-state index contributed by atoms with van der Waals surface area (Å²) >= 11 is 5.82. The fourth-order valence-corrected chi connectivity index (χ4v) is 2.20. The van der Waals surface area contributed by atoms with Crippen LogP contribution in [0.15, 0.2) is 28.7 Å². The van der Waals surface area contributed by atoms with Crippen LogP contribution in [0.25, 0.3) is 11.5 Å². The van der Waals surface area contributed by atoms with Gasteiger partial charge in [-0.2, -0.15) is 0 Å². The number of hydrogen-bond donors (Lipinski definition) is 1. The number of benzene rings is 1. The number of carboxylic acids is 1. The van der Waals surface area contributed by atoms with E-state index < -0.39 is 5.97 Å². The Morgan fingerprint density at radius 2 is 2.05 bits per heavy atom. The molecule has 2 aromatic rings. The summed E-state index contributed by atoms with van der Waals surface area (Å²) < 4.78 is 5.56. The summed E-state index contributed by atoms with van der Waals surface area (Å²) in [5.74, 6) is -0.118. The van der Waals surface area contributed by atoms with E-state index in [0.29, 0.717) is 36.4 Å². The van der Waals surface area contributed by atoms with Crippen molar-refractivity contribution >= 4 is 17.6 Å². The van der Waals surface area contributed by atoms with Crippen LogP contribution in [0.5, 0.6) is 0 Å². The van der Waals surface area contributed by atoms with E-state index in [1.165, 1.54) is 0 Å². The zero-order valence-electron chi connectivity index (χ0n) is 10.5. The molecule has 0 saturated carbocycles. The first-order valence-corrected chi connectivity index (χ1v) is 6.53. The molecule has 104 valence electrons. The van der Waals surface area contributed by atoms with Gasteiger partial charge in [-0.3, -0.25) is 9.69 Å². The minimum Gasteiger partial charge on any atom is -0.481 e. The van der Waals surface area contributed by atoms with E-state index in [-0.39, 0.29) is 5.92 Å². The fraction of sp³-hybridized carbons (Fsp3) is 0.308. The van der Waals surface area contributed by atoms with E-state index in [9.17, 15) is 4.79 Å². The van der Waals surface area contributed by atoms with Crippen molar-refractivity contribution in [1.82, 2.24) is 15.1 Å². The Bertz CT molecular complexity index is 620. The highest BCUT2D eigenvalue weighted by atomic mass is 35.5. The molecular formula is C13H12ClN3O3. The molecule has 7 heteroatoms. The second-order valence-corrected chi connectivity index (χ2v) is 5.17. The van der Waals surface area contributed by atoms with Crippen molar-refractivity contribution in [1.29, 1.82) is 0 Å². The third-order valence-electron chi connectivity index (χ3n) is 3.22. The standard InChI is InChI=1S/C13H12ClN3O3/c14-10-3-1-8(2-4-10)12-16-15-11(20-12)7-17-5-9(6-17)13(18)19/h1-4,9H,5-7H2,(H,18,19). The third kappa shape index (κ3) is 2.66. The first kappa shape index (κ1) is 13.1. The van der Waals surface area contributed by atoms with Crippen LogP contribution in [0.4, 0.5) is 0 Å². The largest absolute Gasteiger partial charge is 0.481 e. The topological polar surface area (TPSA) is 79.5 Å². The molecule has 0 spiro atoms. The van der Waals surface area contributed by atoms with Gasteiger partial charge in [0.05, 0.1) is 12.5 Å². The molecule has 1 aromatic heterocycles. The molecule has 20 heavy (non-hydrogen) atoms. The summed E-state index contributed by atoms with van der Waals surface area (Å²) in [6.45, 7) is 1.52. The van der Waals surface area contributed by atoms with Crippen LogP contribution in [0.2, 0.25) is 5.02 Å². The Balaban J connectivity index is 1.63. The molecule has 3 rings (SSSR count). The molecule has 0 aliphatic carbocycles. The predicted octanol–water partition coefficient (Wildman–Crippen LogP) is 1.91. The number of likely N-dealkylation sites (tertiary alicyclic amines) is 1. The van der Waals surface area contributed by atoms with Crippen molar-refractivity contribution in [2.24, 2.45) is 5.92 Å². The Kier molecular flexibility index (Phi) is 3.42. The van der Waals surface area contributed by atoms with Gasteiger partial charge in [0.2, 0.25) is 11.8 Å². The van der Waals surface area contributed by atoms with Gasteiger partial charge in [-0.15, -0.1) is 10.2 Å². The predicted molar refractivity (Wildman–Crippen MR) is 71.1 cm³/mol. The molecule has 1 aliphatic heterocycles. The van der Waals surface area contributed by atoms with Gasteiger partial charge in [0.25, 0.3) is 0 Å².